The summed E-state index contributed by atoms with van der Waals surface area (Å²) in [6, 6.07) is 17.1. The maximum atomic E-state index is 13.1. The zero-order valence-electron chi connectivity index (χ0n) is 17.0. The highest BCUT2D eigenvalue weighted by Gasteiger charge is 2.27. The van der Waals surface area contributed by atoms with Gasteiger partial charge in [-0.25, -0.2) is 4.68 Å². The van der Waals surface area contributed by atoms with Crippen LogP contribution in [0.4, 0.5) is 0 Å². The number of amides is 1. The normalized spacial score (nSPS) is 12.2. The first-order chi connectivity index (χ1) is 13.9. The van der Waals surface area contributed by atoms with Crippen molar-refractivity contribution in [2.75, 3.05) is 13.7 Å². The lowest BCUT2D eigenvalue weighted by Gasteiger charge is -2.27. The SMILES string of the molecule is CC(C)c1ccc(-n2cc(O)c(C(=O)N(C)C(CCO)c3ccccc3)n2)cc1. The fourth-order valence-electron chi connectivity index (χ4n) is 3.35. The number of aliphatic hydroxyl groups is 1. The Bertz CT molecular complexity index is 949. The minimum Gasteiger partial charge on any atom is -0.504 e. The second-order valence-corrected chi connectivity index (χ2v) is 7.41. The molecule has 0 aliphatic rings. The standard InChI is InChI=1S/C23H27N3O3/c1-16(2)17-9-11-19(12-10-17)26-15-21(28)22(24-26)23(29)25(3)20(13-14-27)18-7-5-4-6-8-18/h4-12,15-16,20,27-28H,13-14H2,1-3H3. The van der Waals surface area contributed by atoms with Crippen LogP contribution in [0.15, 0.2) is 60.8 Å². The molecule has 0 saturated heterocycles. The number of rotatable bonds is 7. The van der Waals surface area contributed by atoms with Gasteiger partial charge >= 0.3 is 0 Å². The van der Waals surface area contributed by atoms with Crippen LogP contribution in [-0.4, -0.2) is 44.5 Å². The fraction of sp³-hybridized carbons (Fsp3) is 0.304. The van der Waals surface area contributed by atoms with E-state index in [9.17, 15) is 15.0 Å². The highest BCUT2D eigenvalue weighted by atomic mass is 16.3. The first-order valence-electron chi connectivity index (χ1n) is 9.74. The van der Waals surface area contributed by atoms with Gasteiger partial charge in [-0.15, -0.1) is 0 Å². The highest BCUT2D eigenvalue weighted by Crippen LogP contribution is 2.27. The number of aromatic nitrogens is 2. The van der Waals surface area contributed by atoms with Crippen molar-refractivity contribution in [2.45, 2.75) is 32.2 Å². The smallest absolute Gasteiger partial charge is 0.278 e. The number of carbonyl (C=O) groups is 1. The molecule has 2 N–H and O–H groups in total. The van der Waals surface area contributed by atoms with E-state index in [2.05, 4.69) is 18.9 Å². The maximum Gasteiger partial charge on any atom is 0.278 e. The summed E-state index contributed by atoms with van der Waals surface area (Å²) in [5, 5.41) is 24.1. The average Bonchev–Trinajstić information content (AvgIpc) is 3.13. The number of aliphatic hydroxyl groups excluding tert-OH is 1. The Labute approximate surface area is 171 Å². The van der Waals surface area contributed by atoms with E-state index in [-0.39, 0.29) is 24.1 Å². The molecule has 152 valence electrons. The van der Waals surface area contributed by atoms with E-state index in [1.165, 1.54) is 21.3 Å². The van der Waals surface area contributed by atoms with Crippen LogP contribution >= 0.6 is 0 Å². The molecule has 0 saturated carbocycles. The number of carbonyl (C=O) groups excluding carboxylic acids is 1. The van der Waals surface area contributed by atoms with Gasteiger partial charge in [0.05, 0.1) is 17.9 Å². The zero-order valence-corrected chi connectivity index (χ0v) is 17.0. The van der Waals surface area contributed by atoms with Crippen LogP contribution in [-0.2, 0) is 0 Å². The van der Waals surface area contributed by atoms with Crippen molar-refractivity contribution in [3.8, 4) is 11.4 Å². The molecule has 0 spiro atoms. The first kappa shape index (κ1) is 20.6. The first-order valence-corrected chi connectivity index (χ1v) is 9.74. The molecule has 0 aliphatic carbocycles. The molecule has 0 fully saturated rings. The maximum absolute atomic E-state index is 13.1. The van der Waals surface area contributed by atoms with Gasteiger partial charge in [-0.3, -0.25) is 4.79 Å². The van der Waals surface area contributed by atoms with Gasteiger partial charge in [0, 0.05) is 13.7 Å². The van der Waals surface area contributed by atoms with E-state index in [1.807, 2.05) is 54.6 Å². The summed E-state index contributed by atoms with van der Waals surface area (Å²) in [6.07, 6.45) is 1.83. The zero-order chi connectivity index (χ0) is 21.0. The summed E-state index contributed by atoms with van der Waals surface area (Å²) < 4.78 is 1.50. The van der Waals surface area contributed by atoms with Crippen molar-refractivity contribution >= 4 is 5.91 Å². The molecule has 1 heterocycles. The Kier molecular flexibility index (Phi) is 6.34. The van der Waals surface area contributed by atoms with Crippen molar-refractivity contribution in [2.24, 2.45) is 0 Å². The number of benzene rings is 2. The van der Waals surface area contributed by atoms with Gasteiger partial charge in [-0.1, -0.05) is 56.3 Å². The van der Waals surface area contributed by atoms with Crippen LogP contribution in [0.5, 0.6) is 5.75 Å². The van der Waals surface area contributed by atoms with E-state index in [0.717, 1.165) is 11.3 Å². The van der Waals surface area contributed by atoms with Gasteiger partial charge in [-0.2, -0.15) is 5.10 Å². The molecule has 2 aromatic carbocycles. The fourth-order valence-corrected chi connectivity index (χ4v) is 3.35. The third kappa shape index (κ3) is 4.49. The predicted octanol–water partition coefficient (Wildman–Crippen LogP) is 3.90. The van der Waals surface area contributed by atoms with Gasteiger partial charge in [0.1, 0.15) is 0 Å². The Hall–Kier alpha value is -3.12. The van der Waals surface area contributed by atoms with E-state index < -0.39 is 5.91 Å². The van der Waals surface area contributed by atoms with E-state index >= 15 is 0 Å². The molecule has 1 unspecified atom stereocenters. The molecule has 29 heavy (non-hydrogen) atoms. The monoisotopic (exact) mass is 393 g/mol. The minimum atomic E-state index is -0.401. The molecule has 0 aliphatic heterocycles. The Morgan fingerprint density at radius 3 is 2.31 bits per heavy atom. The molecule has 3 rings (SSSR count). The van der Waals surface area contributed by atoms with Crippen LogP contribution in [0.2, 0.25) is 0 Å². The lowest BCUT2D eigenvalue weighted by atomic mass is 10.0. The lowest BCUT2D eigenvalue weighted by molar-refractivity contribution is 0.0695. The van der Waals surface area contributed by atoms with Gasteiger partial charge in [0.15, 0.2) is 11.4 Å². The third-order valence-electron chi connectivity index (χ3n) is 5.10. The van der Waals surface area contributed by atoms with Gasteiger partial charge in [0.2, 0.25) is 0 Å². The summed E-state index contributed by atoms with van der Waals surface area (Å²) in [6.45, 7) is 4.19. The molecule has 6 nitrogen and oxygen atoms in total. The molecule has 1 atom stereocenters. The molecule has 3 aromatic rings. The van der Waals surface area contributed by atoms with Gasteiger partial charge < -0.3 is 15.1 Å². The summed E-state index contributed by atoms with van der Waals surface area (Å²) >= 11 is 0. The number of nitrogens with zero attached hydrogens (tertiary/aromatic N) is 3. The highest BCUT2D eigenvalue weighted by molar-refractivity contribution is 5.95. The number of aromatic hydroxyl groups is 1. The summed E-state index contributed by atoms with van der Waals surface area (Å²) in [7, 11) is 1.66. The number of hydrogen-bond donors (Lipinski definition) is 2. The largest absolute Gasteiger partial charge is 0.504 e. The van der Waals surface area contributed by atoms with Crippen LogP contribution in [0, 0.1) is 0 Å². The van der Waals surface area contributed by atoms with Crippen molar-refractivity contribution in [3.63, 3.8) is 0 Å². The molecule has 0 bridgehead atoms. The summed E-state index contributed by atoms with van der Waals surface area (Å²) in [4.78, 5) is 14.6. The molecule has 0 radical (unpaired) electrons. The van der Waals surface area contributed by atoms with E-state index in [1.54, 1.807) is 7.05 Å². The molecule has 1 amide bonds. The molecule has 6 heteroatoms. The summed E-state index contributed by atoms with van der Waals surface area (Å²) in [5.41, 5.74) is 2.87. The van der Waals surface area contributed by atoms with Gasteiger partial charge in [0.25, 0.3) is 5.91 Å². The quantitative estimate of drug-likeness (QED) is 0.638. The minimum absolute atomic E-state index is 0.0145. The van der Waals surface area contributed by atoms with Crippen LogP contribution in [0.3, 0.4) is 0 Å². The predicted molar refractivity (Wildman–Crippen MR) is 112 cm³/mol. The third-order valence-corrected chi connectivity index (χ3v) is 5.10. The molecular weight excluding hydrogens is 366 g/mol. The van der Waals surface area contributed by atoms with Crippen molar-refractivity contribution in [1.29, 1.82) is 0 Å². The van der Waals surface area contributed by atoms with Crippen molar-refractivity contribution in [3.05, 3.63) is 77.6 Å². The molecule has 1 aromatic heterocycles. The molecular formula is C23H27N3O3. The average molecular weight is 393 g/mol. The lowest BCUT2D eigenvalue weighted by Crippen LogP contribution is -2.32. The second-order valence-electron chi connectivity index (χ2n) is 7.41. The van der Waals surface area contributed by atoms with Crippen LogP contribution in [0.25, 0.3) is 5.69 Å². The Morgan fingerprint density at radius 1 is 1.07 bits per heavy atom. The van der Waals surface area contributed by atoms with Crippen LogP contribution < -0.4 is 0 Å². The van der Waals surface area contributed by atoms with Crippen molar-refractivity contribution in [1.82, 2.24) is 14.7 Å². The Morgan fingerprint density at radius 2 is 1.72 bits per heavy atom. The van der Waals surface area contributed by atoms with Crippen molar-refractivity contribution < 1.29 is 15.0 Å². The number of hydrogen-bond acceptors (Lipinski definition) is 4. The Balaban J connectivity index is 1.87. The second kappa shape index (κ2) is 8.92. The van der Waals surface area contributed by atoms with Crippen LogP contribution in [0.1, 0.15) is 53.8 Å². The summed E-state index contributed by atoms with van der Waals surface area (Å²) in [5.74, 6) is -0.157. The van der Waals surface area contributed by atoms with E-state index in [4.69, 9.17) is 0 Å². The van der Waals surface area contributed by atoms with E-state index in [0.29, 0.717) is 12.3 Å². The topological polar surface area (TPSA) is 78.6 Å². The van der Waals surface area contributed by atoms with Gasteiger partial charge in [-0.05, 0) is 35.6 Å².